The van der Waals surface area contributed by atoms with Crippen LogP contribution >= 0.6 is 11.3 Å². The van der Waals surface area contributed by atoms with Gasteiger partial charge in [0.1, 0.15) is 5.00 Å². The molecule has 28 heavy (non-hydrogen) atoms. The molecular weight excluding hydrogens is 370 g/mol. The van der Waals surface area contributed by atoms with Crippen LogP contribution in [0.25, 0.3) is 0 Å². The molecule has 5 heteroatoms. The third kappa shape index (κ3) is 6.91. The van der Waals surface area contributed by atoms with E-state index in [2.05, 4.69) is 19.2 Å². The number of amides is 1. The fourth-order valence-electron chi connectivity index (χ4n) is 3.87. The maximum atomic E-state index is 12.5. The first-order valence-electron chi connectivity index (χ1n) is 11.2. The van der Waals surface area contributed by atoms with Crippen LogP contribution in [0.5, 0.6) is 0 Å². The molecule has 1 amide bonds. The van der Waals surface area contributed by atoms with Crippen LogP contribution in [0.1, 0.15) is 106 Å². The van der Waals surface area contributed by atoms with Gasteiger partial charge >= 0.3 is 5.97 Å². The molecule has 1 atom stereocenters. The Morgan fingerprint density at radius 2 is 1.75 bits per heavy atom. The number of rotatable bonds is 12. The van der Waals surface area contributed by atoms with Crippen molar-refractivity contribution in [2.24, 2.45) is 5.92 Å². The van der Waals surface area contributed by atoms with Crippen molar-refractivity contribution in [3.63, 3.8) is 0 Å². The molecule has 4 nitrogen and oxygen atoms in total. The van der Waals surface area contributed by atoms with Gasteiger partial charge in [-0.15, -0.1) is 11.3 Å². The van der Waals surface area contributed by atoms with Gasteiger partial charge in [0.2, 0.25) is 5.91 Å². The molecule has 1 aromatic rings. The monoisotopic (exact) mass is 407 g/mol. The predicted molar refractivity (Wildman–Crippen MR) is 117 cm³/mol. The number of anilines is 1. The summed E-state index contributed by atoms with van der Waals surface area (Å²) in [4.78, 5) is 26.2. The van der Waals surface area contributed by atoms with Gasteiger partial charge in [0.15, 0.2) is 0 Å². The van der Waals surface area contributed by atoms with Crippen molar-refractivity contribution in [2.45, 2.75) is 97.8 Å². The number of unbranched alkanes of at least 4 members (excludes halogenated alkanes) is 7. The van der Waals surface area contributed by atoms with Gasteiger partial charge in [-0.25, -0.2) is 4.79 Å². The average molecular weight is 408 g/mol. The Bertz CT molecular complexity index is 638. The summed E-state index contributed by atoms with van der Waals surface area (Å²) in [5.41, 5.74) is 1.71. The summed E-state index contributed by atoms with van der Waals surface area (Å²) < 4.78 is 5.27. The lowest BCUT2D eigenvalue weighted by molar-refractivity contribution is -0.116. The maximum Gasteiger partial charge on any atom is 0.341 e. The zero-order valence-corrected chi connectivity index (χ0v) is 18.7. The first-order chi connectivity index (χ1) is 13.6. The van der Waals surface area contributed by atoms with Crippen molar-refractivity contribution in [1.29, 1.82) is 0 Å². The molecule has 2 rings (SSSR count). The van der Waals surface area contributed by atoms with E-state index in [9.17, 15) is 9.59 Å². The summed E-state index contributed by atoms with van der Waals surface area (Å²) in [7, 11) is 0. The second-order valence-electron chi connectivity index (χ2n) is 8.05. The van der Waals surface area contributed by atoms with Crippen molar-refractivity contribution >= 4 is 28.2 Å². The van der Waals surface area contributed by atoms with E-state index in [1.54, 1.807) is 11.3 Å². The van der Waals surface area contributed by atoms with E-state index in [0.29, 0.717) is 29.5 Å². The fraction of sp³-hybridized carbons (Fsp3) is 0.739. The van der Waals surface area contributed by atoms with Crippen molar-refractivity contribution in [3.05, 3.63) is 16.0 Å². The highest BCUT2D eigenvalue weighted by atomic mass is 32.1. The van der Waals surface area contributed by atoms with Crippen molar-refractivity contribution in [1.82, 2.24) is 0 Å². The van der Waals surface area contributed by atoms with E-state index in [1.165, 1.54) is 43.4 Å². The molecule has 1 aliphatic rings. The molecule has 1 unspecified atom stereocenters. The number of carbonyl (C=O) groups is 2. The number of thiophene rings is 1. The number of hydrogen-bond acceptors (Lipinski definition) is 4. The zero-order valence-electron chi connectivity index (χ0n) is 17.9. The van der Waals surface area contributed by atoms with Crippen molar-refractivity contribution in [3.8, 4) is 0 Å². The number of fused-ring (bicyclic) bond motifs is 1. The van der Waals surface area contributed by atoms with Gasteiger partial charge in [0.25, 0.3) is 0 Å². The molecule has 0 aromatic carbocycles. The number of nitrogens with one attached hydrogen (secondary N) is 1. The molecule has 0 spiro atoms. The Hall–Kier alpha value is -1.36. The standard InChI is InChI=1S/C23H37NO3S/c1-4-6-7-8-9-10-11-12-13-20(25)24-22-21(23(26)27-5-2)18-15-14-17(3)16-19(18)28-22/h17H,4-16H2,1-3H3,(H,24,25). The molecule has 0 saturated heterocycles. The fourth-order valence-corrected chi connectivity index (χ4v) is 5.28. The molecule has 1 heterocycles. The van der Waals surface area contributed by atoms with Gasteiger partial charge in [0, 0.05) is 11.3 Å². The summed E-state index contributed by atoms with van der Waals surface area (Å²) in [5, 5.41) is 3.72. The second kappa shape index (κ2) is 12.3. The summed E-state index contributed by atoms with van der Waals surface area (Å²) >= 11 is 1.57. The molecule has 1 aromatic heterocycles. The lowest BCUT2D eigenvalue weighted by Gasteiger charge is -2.18. The van der Waals surface area contributed by atoms with Gasteiger partial charge in [-0.05, 0) is 44.1 Å². The van der Waals surface area contributed by atoms with Crippen LogP contribution in [-0.4, -0.2) is 18.5 Å². The minimum atomic E-state index is -0.295. The SMILES string of the molecule is CCCCCCCCCCC(=O)Nc1sc2c(c1C(=O)OCC)CCC(C)C2. The van der Waals surface area contributed by atoms with Gasteiger partial charge in [0.05, 0.1) is 12.2 Å². The Labute approximate surface area is 174 Å². The van der Waals surface area contributed by atoms with Gasteiger partial charge < -0.3 is 10.1 Å². The Morgan fingerprint density at radius 1 is 1.07 bits per heavy atom. The third-order valence-electron chi connectivity index (χ3n) is 5.50. The largest absolute Gasteiger partial charge is 0.462 e. The van der Waals surface area contributed by atoms with Gasteiger partial charge in [-0.1, -0.05) is 58.8 Å². The summed E-state index contributed by atoms with van der Waals surface area (Å²) in [6.07, 6.45) is 13.2. The number of ether oxygens (including phenoxy) is 1. The third-order valence-corrected chi connectivity index (χ3v) is 6.67. The van der Waals surface area contributed by atoms with Crippen molar-refractivity contribution < 1.29 is 14.3 Å². The van der Waals surface area contributed by atoms with E-state index in [0.717, 1.165) is 37.7 Å². The van der Waals surface area contributed by atoms with E-state index < -0.39 is 0 Å². The minimum absolute atomic E-state index is 0.0168. The average Bonchev–Trinajstić information content (AvgIpc) is 3.00. The van der Waals surface area contributed by atoms with E-state index in [1.807, 2.05) is 6.92 Å². The Balaban J connectivity index is 1.86. The van der Waals surface area contributed by atoms with E-state index in [-0.39, 0.29) is 11.9 Å². The molecular formula is C23H37NO3S. The van der Waals surface area contributed by atoms with Gasteiger partial charge in [-0.2, -0.15) is 0 Å². The second-order valence-corrected chi connectivity index (χ2v) is 9.15. The molecule has 0 fully saturated rings. The lowest BCUT2D eigenvalue weighted by Crippen LogP contribution is -2.16. The van der Waals surface area contributed by atoms with Crippen molar-refractivity contribution in [2.75, 3.05) is 11.9 Å². The Morgan fingerprint density at radius 3 is 2.43 bits per heavy atom. The summed E-state index contributed by atoms with van der Waals surface area (Å²) in [6, 6.07) is 0. The summed E-state index contributed by atoms with van der Waals surface area (Å²) in [5.74, 6) is 0.349. The molecule has 0 bridgehead atoms. The first-order valence-corrected chi connectivity index (χ1v) is 12.0. The van der Waals surface area contributed by atoms with Crippen LogP contribution in [0.2, 0.25) is 0 Å². The zero-order chi connectivity index (χ0) is 20.4. The van der Waals surface area contributed by atoms with E-state index >= 15 is 0 Å². The highest BCUT2D eigenvalue weighted by Gasteiger charge is 2.29. The summed E-state index contributed by atoms with van der Waals surface area (Å²) in [6.45, 7) is 6.65. The molecule has 158 valence electrons. The minimum Gasteiger partial charge on any atom is -0.462 e. The highest BCUT2D eigenvalue weighted by Crippen LogP contribution is 2.40. The van der Waals surface area contributed by atoms with Crippen LogP contribution in [0, 0.1) is 5.92 Å². The molecule has 1 aliphatic carbocycles. The molecule has 0 aliphatic heterocycles. The number of esters is 1. The quantitative estimate of drug-likeness (QED) is 0.317. The molecule has 1 N–H and O–H groups in total. The first kappa shape index (κ1) is 22.9. The smallest absolute Gasteiger partial charge is 0.341 e. The normalized spacial score (nSPS) is 15.9. The van der Waals surface area contributed by atoms with Crippen LogP contribution in [-0.2, 0) is 22.4 Å². The number of carbonyl (C=O) groups excluding carboxylic acids is 2. The molecule has 0 radical (unpaired) electrons. The topological polar surface area (TPSA) is 55.4 Å². The molecule has 0 saturated carbocycles. The number of hydrogen-bond donors (Lipinski definition) is 1. The van der Waals surface area contributed by atoms with Crippen LogP contribution < -0.4 is 5.32 Å². The lowest BCUT2D eigenvalue weighted by atomic mass is 9.88. The predicted octanol–water partition coefficient (Wildman–Crippen LogP) is 6.52. The highest BCUT2D eigenvalue weighted by molar-refractivity contribution is 7.17. The van der Waals surface area contributed by atoms with Crippen LogP contribution in [0.3, 0.4) is 0 Å². The maximum absolute atomic E-state index is 12.5. The van der Waals surface area contributed by atoms with Crippen LogP contribution in [0.4, 0.5) is 5.00 Å². The van der Waals surface area contributed by atoms with Gasteiger partial charge in [-0.3, -0.25) is 4.79 Å². The van der Waals surface area contributed by atoms with Crippen LogP contribution in [0.15, 0.2) is 0 Å². The van der Waals surface area contributed by atoms with E-state index in [4.69, 9.17) is 4.74 Å². The Kier molecular flexibility index (Phi) is 10.0.